The van der Waals surface area contributed by atoms with Crippen LogP contribution in [-0.4, -0.2) is 17.5 Å². The molecule has 82 valence electrons. The Bertz CT molecular complexity index is 303. The topological polar surface area (TPSA) is 64.4 Å². The van der Waals surface area contributed by atoms with E-state index >= 15 is 0 Å². The van der Waals surface area contributed by atoms with E-state index < -0.39 is 6.04 Å². The van der Waals surface area contributed by atoms with E-state index in [0.717, 1.165) is 5.56 Å². The first-order chi connectivity index (χ1) is 7.20. The number of hydrogen-bond acceptors (Lipinski definition) is 4. The Morgan fingerprint density at radius 3 is 2.73 bits per heavy atom. The van der Waals surface area contributed by atoms with Crippen molar-refractivity contribution in [1.29, 1.82) is 0 Å². The number of benzene rings is 1. The fraction of sp³-hybridized carbons (Fsp3) is 0.400. The number of rotatable bonds is 6. The van der Waals surface area contributed by atoms with Crippen LogP contribution < -0.4 is 5.48 Å². The van der Waals surface area contributed by atoms with E-state index in [9.17, 15) is 10.1 Å². The van der Waals surface area contributed by atoms with Crippen molar-refractivity contribution in [2.45, 2.75) is 19.6 Å². The summed E-state index contributed by atoms with van der Waals surface area (Å²) in [5.41, 5.74) is 3.60. The molecule has 1 rings (SSSR count). The van der Waals surface area contributed by atoms with Crippen LogP contribution in [0.2, 0.25) is 0 Å². The molecule has 0 radical (unpaired) electrons. The Morgan fingerprint density at radius 2 is 2.13 bits per heavy atom. The smallest absolute Gasteiger partial charge is 0.224 e. The van der Waals surface area contributed by atoms with E-state index in [0.29, 0.717) is 6.61 Å². The molecule has 0 aliphatic rings. The normalized spacial score (nSPS) is 12.3. The molecule has 0 spiro atoms. The van der Waals surface area contributed by atoms with Crippen LogP contribution in [0.1, 0.15) is 12.5 Å². The van der Waals surface area contributed by atoms with Gasteiger partial charge in [-0.15, -0.1) is 0 Å². The summed E-state index contributed by atoms with van der Waals surface area (Å²) in [4.78, 5) is 15.0. The molecular formula is C10H14N2O3. The van der Waals surface area contributed by atoms with Gasteiger partial charge in [-0.25, -0.2) is 0 Å². The third-order valence-corrected chi connectivity index (χ3v) is 1.92. The van der Waals surface area contributed by atoms with Gasteiger partial charge in [0.1, 0.15) is 0 Å². The predicted octanol–water partition coefficient (Wildman–Crippen LogP) is 1.37. The molecular weight excluding hydrogens is 196 g/mol. The third kappa shape index (κ3) is 4.53. The summed E-state index contributed by atoms with van der Waals surface area (Å²) in [6.07, 6.45) is 0. The van der Waals surface area contributed by atoms with Crippen LogP contribution in [0.25, 0.3) is 0 Å². The van der Waals surface area contributed by atoms with Gasteiger partial charge in [-0.1, -0.05) is 30.3 Å². The van der Waals surface area contributed by atoms with Gasteiger partial charge < -0.3 is 0 Å². The van der Waals surface area contributed by atoms with Gasteiger partial charge in [0, 0.05) is 11.8 Å². The van der Waals surface area contributed by atoms with Crippen molar-refractivity contribution in [2.75, 3.05) is 6.54 Å². The molecule has 0 bridgehead atoms. The summed E-state index contributed by atoms with van der Waals surface area (Å²) in [6.45, 7) is 2.14. The molecule has 1 unspecified atom stereocenters. The average molecular weight is 210 g/mol. The van der Waals surface area contributed by atoms with Crippen LogP contribution in [0.15, 0.2) is 30.3 Å². The lowest BCUT2D eigenvalue weighted by Gasteiger charge is -2.06. The number of hydrogen-bond donors (Lipinski definition) is 1. The molecule has 0 saturated carbocycles. The van der Waals surface area contributed by atoms with Gasteiger partial charge >= 0.3 is 0 Å². The summed E-state index contributed by atoms with van der Waals surface area (Å²) in [6, 6.07) is 8.97. The highest BCUT2D eigenvalue weighted by molar-refractivity contribution is 5.13. The van der Waals surface area contributed by atoms with Crippen molar-refractivity contribution in [3.05, 3.63) is 46.0 Å². The number of nitrogens with one attached hydrogen (secondary N) is 1. The zero-order valence-corrected chi connectivity index (χ0v) is 8.55. The van der Waals surface area contributed by atoms with Crippen molar-refractivity contribution in [2.24, 2.45) is 0 Å². The average Bonchev–Trinajstić information content (AvgIpc) is 2.25. The standard InChI is InChI=1S/C10H14N2O3/c1-9(12(13)14)7-11-15-8-10-5-3-2-4-6-10/h2-6,9,11H,7-8H2,1H3. The third-order valence-electron chi connectivity index (χ3n) is 1.92. The van der Waals surface area contributed by atoms with Gasteiger partial charge in [-0.05, 0) is 5.56 Å². The van der Waals surface area contributed by atoms with Gasteiger partial charge in [-0.3, -0.25) is 15.0 Å². The molecule has 0 heterocycles. The lowest BCUT2D eigenvalue weighted by atomic mass is 10.2. The molecule has 0 aromatic heterocycles. The molecule has 0 aliphatic heterocycles. The van der Waals surface area contributed by atoms with E-state index in [4.69, 9.17) is 4.84 Å². The first kappa shape index (κ1) is 11.6. The second-order valence-corrected chi connectivity index (χ2v) is 3.26. The van der Waals surface area contributed by atoms with Crippen LogP contribution in [0.4, 0.5) is 0 Å². The number of nitro groups is 1. The van der Waals surface area contributed by atoms with Crippen molar-refractivity contribution >= 4 is 0 Å². The Kier molecular flexibility index (Phi) is 4.73. The monoisotopic (exact) mass is 210 g/mol. The maximum atomic E-state index is 10.3. The first-order valence-corrected chi connectivity index (χ1v) is 4.72. The minimum Gasteiger partial charge on any atom is -0.297 e. The molecule has 1 aromatic rings. The molecule has 5 nitrogen and oxygen atoms in total. The second kappa shape index (κ2) is 6.10. The highest BCUT2D eigenvalue weighted by Crippen LogP contribution is 1.98. The van der Waals surface area contributed by atoms with Crippen LogP contribution in [-0.2, 0) is 11.4 Å². The summed E-state index contributed by atoms with van der Waals surface area (Å²) in [7, 11) is 0. The zero-order valence-electron chi connectivity index (χ0n) is 8.55. The molecule has 0 aliphatic carbocycles. The molecule has 0 saturated heterocycles. The Morgan fingerprint density at radius 1 is 1.47 bits per heavy atom. The van der Waals surface area contributed by atoms with Crippen molar-refractivity contribution in [1.82, 2.24) is 5.48 Å². The SMILES string of the molecule is CC(CNOCc1ccccc1)[N+](=O)[O-]. The zero-order chi connectivity index (χ0) is 11.1. The highest BCUT2D eigenvalue weighted by atomic mass is 16.6. The van der Waals surface area contributed by atoms with Crippen molar-refractivity contribution < 1.29 is 9.76 Å². The van der Waals surface area contributed by atoms with Crippen LogP contribution >= 0.6 is 0 Å². The van der Waals surface area contributed by atoms with E-state index in [2.05, 4.69) is 5.48 Å². The van der Waals surface area contributed by atoms with Crippen LogP contribution in [0.5, 0.6) is 0 Å². The predicted molar refractivity (Wildman–Crippen MR) is 55.7 cm³/mol. The minimum absolute atomic E-state index is 0.208. The van der Waals surface area contributed by atoms with E-state index in [-0.39, 0.29) is 11.5 Å². The quantitative estimate of drug-likeness (QED) is 0.437. The summed E-state index contributed by atoms with van der Waals surface area (Å²) in [5.74, 6) is 0. The van der Waals surface area contributed by atoms with Crippen molar-refractivity contribution in [3.63, 3.8) is 0 Å². The summed E-state index contributed by atoms with van der Waals surface area (Å²) >= 11 is 0. The highest BCUT2D eigenvalue weighted by Gasteiger charge is 2.11. The molecule has 0 fully saturated rings. The lowest BCUT2D eigenvalue weighted by molar-refractivity contribution is -0.517. The Labute approximate surface area is 88.2 Å². The maximum Gasteiger partial charge on any atom is 0.224 e. The molecule has 1 N–H and O–H groups in total. The van der Waals surface area contributed by atoms with E-state index in [1.54, 1.807) is 0 Å². The fourth-order valence-electron chi connectivity index (χ4n) is 0.963. The summed E-state index contributed by atoms with van der Waals surface area (Å²) < 4.78 is 0. The van der Waals surface area contributed by atoms with Gasteiger partial charge in [0.2, 0.25) is 6.04 Å². The van der Waals surface area contributed by atoms with Gasteiger partial charge in [0.05, 0.1) is 13.2 Å². The van der Waals surface area contributed by atoms with Crippen LogP contribution in [0.3, 0.4) is 0 Å². The van der Waals surface area contributed by atoms with E-state index in [1.807, 2.05) is 30.3 Å². The minimum atomic E-state index is -0.638. The first-order valence-electron chi connectivity index (χ1n) is 4.72. The largest absolute Gasteiger partial charge is 0.297 e. The Balaban J connectivity index is 2.15. The molecule has 1 aromatic carbocycles. The van der Waals surface area contributed by atoms with Crippen LogP contribution in [0, 0.1) is 10.1 Å². The second-order valence-electron chi connectivity index (χ2n) is 3.26. The molecule has 1 atom stereocenters. The molecule has 15 heavy (non-hydrogen) atoms. The van der Waals surface area contributed by atoms with Gasteiger partial charge in [0.25, 0.3) is 0 Å². The van der Waals surface area contributed by atoms with Crippen molar-refractivity contribution in [3.8, 4) is 0 Å². The molecule has 0 amide bonds. The number of nitrogens with zero attached hydrogens (tertiary/aromatic N) is 1. The Hall–Kier alpha value is -1.46. The van der Waals surface area contributed by atoms with E-state index in [1.165, 1.54) is 6.92 Å². The summed E-state index contributed by atoms with van der Waals surface area (Å²) in [5, 5.41) is 10.3. The van der Waals surface area contributed by atoms with Gasteiger partial charge in [-0.2, -0.15) is 5.48 Å². The fourth-order valence-corrected chi connectivity index (χ4v) is 0.963. The molecule has 5 heteroatoms. The lowest BCUT2D eigenvalue weighted by Crippen LogP contribution is -2.30. The van der Waals surface area contributed by atoms with Gasteiger partial charge in [0.15, 0.2) is 0 Å². The number of hydroxylamine groups is 1. The maximum absolute atomic E-state index is 10.3.